The van der Waals surface area contributed by atoms with E-state index in [0.717, 1.165) is 12.2 Å². The summed E-state index contributed by atoms with van der Waals surface area (Å²) in [6.45, 7) is 3.72. The standard InChI is InChI=1S/C17H23N3O2/c18-17(22)14-10-16(21)20(12-14)15-6-4-13(5-7-15)11-19-8-2-1-3-9-19/h4-7,14H,1-3,8-12H2,(H2,18,22). The number of piperidine rings is 1. The van der Waals surface area contributed by atoms with Gasteiger partial charge in [-0.15, -0.1) is 0 Å². The van der Waals surface area contributed by atoms with Crippen LogP contribution in [-0.4, -0.2) is 36.3 Å². The molecule has 0 aromatic heterocycles. The summed E-state index contributed by atoms with van der Waals surface area (Å²) in [5.41, 5.74) is 7.43. The molecule has 0 aliphatic carbocycles. The summed E-state index contributed by atoms with van der Waals surface area (Å²) < 4.78 is 0. The highest BCUT2D eigenvalue weighted by Gasteiger charge is 2.33. The van der Waals surface area contributed by atoms with E-state index in [-0.39, 0.29) is 18.2 Å². The van der Waals surface area contributed by atoms with E-state index in [1.54, 1.807) is 4.90 Å². The SMILES string of the molecule is NC(=O)C1CC(=O)N(c2ccc(CN3CCCCC3)cc2)C1. The van der Waals surface area contributed by atoms with E-state index in [0.29, 0.717) is 6.54 Å². The zero-order valence-electron chi connectivity index (χ0n) is 12.8. The highest BCUT2D eigenvalue weighted by atomic mass is 16.2. The van der Waals surface area contributed by atoms with Crippen molar-refractivity contribution in [3.63, 3.8) is 0 Å². The topological polar surface area (TPSA) is 66.6 Å². The molecule has 5 heteroatoms. The third-order valence-electron chi connectivity index (χ3n) is 4.63. The predicted octanol–water partition coefficient (Wildman–Crippen LogP) is 1.51. The van der Waals surface area contributed by atoms with Crippen molar-refractivity contribution in [2.75, 3.05) is 24.5 Å². The van der Waals surface area contributed by atoms with Crippen molar-refractivity contribution in [2.45, 2.75) is 32.2 Å². The lowest BCUT2D eigenvalue weighted by Gasteiger charge is -2.26. The fourth-order valence-electron chi connectivity index (χ4n) is 3.30. The molecule has 3 rings (SSSR count). The number of nitrogens with zero attached hydrogens (tertiary/aromatic N) is 2. The molecular formula is C17H23N3O2. The molecule has 2 aliphatic heterocycles. The molecule has 2 N–H and O–H groups in total. The Kier molecular flexibility index (Phi) is 4.43. The predicted molar refractivity (Wildman–Crippen MR) is 85.2 cm³/mol. The van der Waals surface area contributed by atoms with E-state index in [4.69, 9.17) is 5.73 Å². The molecule has 22 heavy (non-hydrogen) atoms. The summed E-state index contributed by atoms with van der Waals surface area (Å²) in [5.74, 6) is -0.773. The number of likely N-dealkylation sites (tertiary alicyclic amines) is 1. The number of nitrogens with two attached hydrogens (primary N) is 1. The van der Waals surface area contributed by atoms with Gasteiger partial charge in [0.1, 0.15) is 0 Å². The van der Waals surface area contributed by atoms with Crippen LogP contribution in [0.1, 0.15) is 31.2 Å². The number of primary amides is 1. The van der Waals surface area contributed by atoms with Gasteiger partial charge in [0.25, 0.3) is 0 Å². The van der Waals surface area contributed by atoms with E-state index in [9.17, 15) is 9.59 Å². The molecule has 0 spiro atoms. The van der Waals surface area contributed by atoms with Crippen molar-refractivity contribution in [1.29, 1.82) is 0 Å². The second-order valence-corrected chi connectivity index (χ2v) is 6.31. The van der Waals surface area contributed by atoms with Crippen molar-refractivity contribution in [3.05, 3.63) is 29.8 Å². The third-order valence-corrected chi connectivity index (χ3v) is 4.63. The van der Waals surface area contributed by atoms with Crippen LogP contribution in [-0.2, 0) is 16.1 Å². The van der Waals surface area contributed by atoms with Crippen LogP contribution in [0.25, 0.3) is 0 Å². The molecule has 1 aromatic carbocycles. The number of carbonyl (C=O) groups excluding carboxylic acids is 2. The Bertz CT molecular complexity index is 550. The summed E-state index contributed by atoms with van der Waals surface area (Å²) in [6, 6.07) is 8.10. The summed E-state index contributed by atoms with van der Waals surface area (Å²) in [5, 5.41) is 0. The molecule has 5 nitrogen and oxygen atoms in total. The minimum absolute atomic E-state index is 0.0208. The molecule has 2 heterocycles. The Hall–Kier alpha value is -1.88. The smallest absolute Gasteiger partial charge is 0.227 e. The number of benzene rings is 1. The van der Waals surface area contributed by atoms with Gasteiger partial charge in [-0.05, 0) is 43.6 Å². The highest BCUT2D eigenvalue weighted by Crippen LogP contribution is 2.25. The van der Waals surface area contributed by atoms with E-state index in [1.165, 1.54) is 37.9 Å². The zero-order chi connectivity index (χ0) is 15.5. The van der Waals surface area contributed by atoms with Crippen LogP contribution >= 0.6 is 0 Å². The van der Waals surface area contributed by atoms with Crippen LogP contribution in [0.4, 0.5) is 5.69 Å². The van der Waals surface area contributed by atoms with Gasteiger partial charge in [0, 0.05) is 25.2 Å². The lowest BCUT2D eigenvalue weighted by Crippen LogP contribution is -2.29. The van der Waals surface area contributed by atoms with Gasteiger partial charge in [-0.25, -0.2) is 0 Å². The van der Waals surface area contributed by atoms with E-state index in [1.807, 2.05) is 12.1 Å². The van der Waals surface area contributed by atoms with E-state index in [2.05, 4.69) is 17.0 Å². The van der Waals surface area contributed by atoms with Gasteiger partial charge >= 0.3 is 0 Å². The van der Waals surface area contributed by atoms with Gasteiger partial charge in [0.05, 0.1) is 5.92 Å². The Morgan fingerprint density at radius 3 is 2.41 bits per heavy atom. The largest absolute Gasteiger partial charge is 0.369 e. The highest BCUT2D eigenvalue weighted by molar-refractivity contribution is 6.00. The molecule has 0 radical (unpaired) electrons. The lowest BCUT2D eigenvalue weighted by atomic mass is 10.1. The van der Waals surface area contributed by atoms with Crippen LogP contribution in [0, 0.1) is 5.92 Å². The Morgan fingerprint density at radius 2 is 1.82 bits per heavy atom. The van der Waals surface area contributed by atoms with Crippen LogP contribution < -0.4 is 10.6 Å². The molecule has 1 atom stereocenters. The monoisotopic (exact) mass is 301 g/mol. The molecule has 1 aromatic rings. The van der Waals surface area contributed by atoms with Gasteiger partial charge in [-0.2, -0.15) is 0 Å². The lowest BCUT2D eigenvalue weighted by molar-refractivity contribution is -0.123. The van der Waals surface area contributed by atoms with Gasteiger partial charge < -0.3 is 10.6 Å². The van der Waals surface area contributed by atoms with Crippen LogP contribution in [0.15, 0.2) is 24.3 Å². The van der Waals surface area contributed by atoms with Crippen molar-refractivity contribution < 1.29 is 9.59 Å². The van der Waals surface area contributed by atoms with Crippen LogP contribution in [0.3, 0.4) is 0 Å². The first-order valence-corrected chi connectivity index (χ1v) is 8.04. The van der Waals surface area contributed by atoms with Crippen LogP contribution in [0.5, 0.6) is 0 Å². The van der Waals surface area contributed by atoms with Gasteiger partial charge in [-0.3, -0.25) is 14.5 Å². The average molecular weight is 301 g/mol. The first-order chi connectivity index (χ1) is 10.6. The zero-order valence-corrected chi connectivity index (χ0v) is 12.8. The molecule has 2 amide bonds. The minimum Gasteiger partial charge on any atom is -0.369 e. The molecule has 118 valence electrons. The van der Waals surface area contributed by atoms with E-state index < -0.39 is 5.91 Å². The summed E-state index contributed by atoms with van der Waals surface area (Å²) >= 11 is 0. The Morgan fingerprint density at radius 1 is 1.14 bits per heavy atom. The van der Waals surface area contributed by atoms with Gasteiger partial charge in [-0.1, -0.05) is 18.6 Å². The molecule has 2 fully saturated rings. The molecular weight excluding hydrogens is 278 g/mol. The van der Waals surface area contributed by atoms with Crippen LogP contribution in [0.2, 0.25) is 0 Å². The van der Waals surface area contributed by atoms with Gasteiger partial charge in [0.15, 0.2) is 0 Å². The maximum atomic E-state index is 12.0. The number of hydrogen-bond donors (Lipinski definition) is 1. The van der Waals surface area contributed by atoms with Crippen molar-refractivity contribution in [2.24, 2.45) is 11.7 Å². The summed E-state index contributed by atoms with van der Waals surface area (Å²) in [6.07, 6.45) is 4.14. The molecule has 2 saturated heterocycles. The Balaban J connectivity index is 1.64. The third kappa shape index (κ3) is 3.30. The minimum atomic E-state index is -0.391. The fraction of sp³-hybridized carbons (Fsp3) is 0.529. The number of anilines is 1. The summed E-state index contributed by atoms with van der Waals surface area (Å²) in [7, 11) is 0. The first kappa shape index (κ1) is 15.0. The van der Waals surface area contributed by atoms with Crippen molar-refractivity contribution in [3.8, 4) is 0 Å². The molecule has 0 saturated carbocycles. The number of hydrogen-bond acceptors (Lipinski definition) is 3. The van der Waals surface area contributed by atoms with Crippen molar-refractivity contribution in [1.82, 2.24) is 4.90 Å². The summed E-state index contributed by atoms with van der Waals surface area (Å²) in [4.78, 5) is 27.4. The maximum absolute atomic E-state index is 12.0. The number of carbonyl (C=O) groups is 2. The molecule has 0 bridgehead atoms. The van der Waals surface area contributed by atoms with E-state index >= 15 is 0 Å². The van der Waals surface area contributed by atoms with Crippen molar-refractivity contribution >= 4 is 17.5 Å². The van der Waals surface area contributed by atoms with Gasteiger partial charge in [0.2, 0.25) is 11.8 Å². The average Bonchev–Trinajstić information content (AvgIpc) is 2.91. The first-order valence-electron chi connectivity index (χ1n) is 8.04. The number of amides is 2. The normalized spacial score (nSPS) is 23.0. The number of rotatable bonds is 4. The quantitative estimate of drug-likeness (QED) is 0.916. The molecule has 2 aliphatic rings. The second-order valence-electron chi connectivity index (χ2n) is 6.31. The molecule has 1 unspecified atom stereocenters. The fourth-order valence-corrected chi connectivity index (χ4v) is 3.30. The Labute approximate surface area is 131 Å². The second kappa shape index (κ2) is 6.48. The maximum Gasteiger partial charge on any atom is 0.227 e.